The van der Waals surface area contributed by atoms with Crippen LogP contribution in [0.4, 0.5) is 4.79 Å². The van der Waals surface area contributed by atoms with Gasteiger partial charge in [-0.1, -0.05) is 54.6 Å². The van der Waals surface area contributed by atoms with Crippen LogP contribution in [0.15, 0.2) is 54.6 Å². The molecular formula is C27H35N3O3. The van der Waals surface area contributed by atoms with Crippen molar-refractivity contribution in [1.29, 1.82) is 0 Å². The Morgan fingerprint density at radius 1 is 1.00 bits per heavy atom. The minimum absolute atomic E-state index is 0.00566. The van der Waals surface area contributed by atoms with E-state index in [4.69, 9.17) is 4.74 Å². The fraction of sp³-hybridized carbons (Fsp3) is 0.481. The predicted octanol–water partition coefficient (Wildman–Crippen LogP) is 4.13. The van der Waals surface area contributed by atoms with Crippen molar-refractivity contribution in [2.24, 2.45) is 0 Å². The van der Waals surface area contributed by atoms with Crippen molar-refractivity contribution in [3.63, 3.8) is 0 Å². The number of rotatable bonds is 4. The zero-order chi connectivity index (χ0) is 23.4. The van der Waals surface area contributed by atoms with Crippen LogP contribution in [0.2, 0.25) is 0 Å². The van der Waals surface area contributed by atoms with Gasteiger partial charge in [0.15, 0.2) is 0 Å². The lowest BCUT2D eigenvalue weighted by Gasteiger charge is -2.42. The van der Waals surface area contributed by atoms with Gasteiger partial charge in [0.25, 0.3) is 0 Å². The molecule has 0 aromatic heterocycles. The van der Waals surface area contributed by atoms with Crippen LogP contribution in [0.3, 0.4) is 0 Å². The molecule has 6 nitrogen and oxygen atoms in total. The maximum atomic E-state index is 14.1. The van der Waals surface area contributed by atoms with Crippen molar-refractivity contribution < 1.29 is 14.3 Å². The molecule has 1 atom stereocenters. The predicted molar refractivity (Wildman–Crippen MR) is 129 cm³/mol. The fourth-order valence-electron chi connectivity index (χ4n) is 4.73. The average Bonchev–Trinajstić information content (AvgIpc) is 2.81. The SMILES string of the molecule is CC(C)(C)OC(=O)N1Cc2ccccc2CC1C(=O)N(Cc1ccccc1)C1CCNCC1. The summed E-state index contributed by atoms with van der Waals surface area (Å²) < 4.78 is 5.72. The van der Waals surface area contributed by atoms with Crippen LogP contribution in [-0.2, 0) is 29.0 Å². The minimum atomic E-state index is -0.625. The van der Waals surface area contributed by atoms with Crippen molar-refractivity contribution in [2.45, 2.75) is 70.8 Å². The van der Waals surface area contributed by atoms with E-state index in [9.17, 15) is 9.59 Å². The second kappa shape index (κ2) is 9.96. The summed E-state index contributed by atoms with van der Waals surface area (Å²) in [6.07, 6.45) is 1.90. The summed E-state index contributed by atoms with van der Waals surface area (Å²) in [6, 6.07) is 17.8. The van der Waals surface area contributed by atoms with Crippen LogP contribution in [0.5, 0.6) is 0 Å². The maximum absolute atomic E-state index is 14.1. The number of carbonyl (C=O) groups excluding carboxylic acids is 2. The van der Waals surface area contributed by atoms with E-state index < -0.39 is 17.7 Å². The molecular weight excluding hydrogens is 414 g/mol. The third kappa shape index (κ3) is 5.74. The summed E-state index contributed by atoms with van der Waals surface area (Å²) in [5, 5.41) is 3.40. The lowest BCUT2D eigenvalue weighted by Crippen LogP contribution is -2.57. The molecule has 0 radical (unpaired) electrons. The molecule has 2 heterocycles. The molecule has 1 unspecified atom stereocenters. The molecule has 33 heavy (non-hydrogen) atoms. The number of piperidine rings is 1. The lowest BCUT2D eigenvalue weighted by atomic mass is 9.92. The Balaban J connectivity index is 1.65. The Morgan fingerprint density at radius 3 is 2.30 bits per heavy atom. The molecule has 2 aliphatic heterocycles. The fourth-order valence-corrected chi connectivity index (χ4v) is 4.73. The molecule has 2 amide bonds. The molecule has 2 aromatic carbocycles. The molecule has 2 aromatic rings. The average molecular weight is 450 g/mol. The largest absolute Gasteiger partial charge is 0.444 e. The van der Waals surface area contributed by atoms with E-state index in [2.05, 4.69) is 23.5 Å². The highest BCUT2D eigenvalue weighted by atomic mass is 16.6. The third-order valence-electron chi connectivity index (χ3n) is 6.39. The van der Waals surface area contributed by atoms with Crippen molar-refractivity contribution in [1.82, 2.24) is 15.1 Å². The number of amides is 2. The number of nitrogens with zero attached hydrogens (tertiary/aromatic N) is 2. The second-order valence-electron chi connectivity index (χ2n) is 10.0. The molecule has 1 saturated heterocycles. The molecule has 1 N–H and O–H groups in total. The van der Waals surface area contributed by atoms with Crippen molar-refractivity contribution in [3.05, 3.63) is 71.3 Å². The van der Waals surface area contributed by atoms with Crippen LogP contribution in [-0.4, -0.2) is 52.6 Å². The Kier molecular flexibility index (Phi) is 7.03. The monoisotopic (exact) mass is 449 g/mol. The van der Waals surface area contributed by atoms with Crippen LogP contribution >= 0.6 is 0 Å². The van der Waals surface area contributed by atoms with E-state index in [-0.39, 0.29) is 11.9 Å². The van der Waals surface area contributed by atoms with E-state index >= 15 is 0 Å². The molecule has 0 spiro atoms. The van der Waals surface area contributed by atoms with Crippen molar-refractivity contribution in [3.8, 4) is 0 Å². The number of fused-ring (bicyclic) bond motifs is 1. The first-order chi connectivity index (χ1) is 15.8. The molecule has 0 bridgehead atoms. The molecule has 6 heteroatoms. The number of hydrogen-bond donors (Lipinski definition) is 1. The van der Waals surface area contributed by atoms with E-state index in [0.717, 1.165) is 42.6 Å². The highest BCUT2D eigenvalue weighted by Gasteiger charge is 2.40. The highest BCUT2D eigenvalue weighted by molar-refractivity contribution is 5.87. The number of nitrogens with one attached hydrogen (secondary N) is 1. The quantitative estimate of drug-likeness (QED) is 0.763. The van der Waals surface area contributed by atoms with Gasteiger partial charge in [-0.3, -0.25) is 9.69 Å². The van der Waals surface area contributed by atoms with Gasteiger partial charge in [-0.05, 0) is 63.4 Å². The molecule has 1 fully saturated rings. The molecule has 0 aliphatic carbocycles. The van der Waals surface area contributed by atoms with Gasteiger partial charge in [0, 0.05) is 19.0 Å². The number of benzene rings is 2. The number of carbonyl (C=O) groups is 2. The van der Waals surface area contributed by atoms with Gasteiger partial charge in [0.05, 0.1) is 6.54 Å². The topological polar surface area (TPSA) is 61.9 Å². The Bertz CT molecular complexity index is 964. The van der Waals surface area contributed by atoms with Gasteiger partial charge < -0.3 is 15.0 Å². The minimum Gasteiger partial charge on any atom is -0.444 e. The zero-order valence-corrected chi connectivity index (χ0v) is 19.9. The first kappa shape index (κ1) is 23.3. The first-order valence-electron chi connectivity index (χ1n) is 11.9. The van der Waals surface area contributed by atoms with E-state index in [0.29, 0.717) is 19.5 Å². The summed E-state index contributed by atoms with van der Waals surface area (Å²) >= 11 is 0. The summed E-state index contributed by atoms with van der Waals surface area (Å²) in [6.45, 7) is 8.29. The van der Waals surface area contributed by atoms with Gasteiger partial charge in [-0.25, -0.2) is 4.79 Å². The summed E-state index contributed by atoms with van der Waals surface area (Å²) in [5.74, 6) is 0.00566. The molecule has 4 rings (SSSR count). The maximum Gasteiger partial charge on any atom is 0.411 e. The lowest BCUT2D eigenvalue weighted by molar-refractivity contribution is -0.141. The standard InChI is InChI=1S/C27H35N3O3/c1-27(2,3)33-26(32)30-19-22-12-8-7-11-21(22)17-24(30)25(31)29(23-13-15-28-16-14-23)18-20-9-5-4-6-10-20/h4-12,23-24,28H,13-19H2,1-3H3. The zero-order valence-electron chi connectivity index (χ0n) is 19.9. The van der Waals surface area contributed by atoms with Gasteiger partial charge in [-0.2, -0.15) is 0 Å². The number of hydrogen-bond acceptors (Lipinski definition) is 4. The Morgan fingerprint density at radius 2 is 1.64 bits per heavy atom. The van der Waals surface area contributed by atoms with Crippen LogP contribution in [0.25, 0.3) is 0 Å². The smallest absolute Gasteiger partial charge is 0.411 e. The Hall–Kier alpha value is -2.86. The van der Waals surface area contributed by atoms with Crippen molar-refractivity contribution >= 4 is 12.0 Å². The molecule has 2 aliphatic rings. The molecule has 176 valence electrons. The van der Waals surface area contributed by atoms with Crippen LogP contribution < -0.4 is 5.32 Å². The van der Waals surface area contributed by atoms with E-state index in [1.54, 1.807) is 4.90 Å². The van der Waals surface area contributed by atoms with Gasteiger partial charge in [0.2, 0.25) is 5.91 Å². The number of ether oxygens (including phenoxy) is 1. The van der Waals surface area contributed by atoms with E-state index in [1.807, 2.05) is 62.1 Å². The Labute approximate surface area is 196 Å². The first-order valence-corrected chi connectivity index (χ1v) is 11.9. The summed E-state index contributed by atoms with van der Waals surface area (Å²) in [7, 11) is 0. The highest BCUT2D eigenvalue weighted by Crippen LogP contribution is 2.28. The van der Waals surface area contributed by atoms with Crippen LogP contribution in [0, 0.1) is 0 Å². The van der Waals surface area contributed by atoms with Crippen molar-refractivity contribution in [2.75, 3.05) is 13.1 Å². The van der Waals surface area contributed by atoms with Crippen LogP contribution in [0.1, 0.15) is 50.3 Å². The van der Waals surface area contributed by atoms with Gasteiger partial charge >= 0.3 is 6.09 Å². The third-order valence-corrected chi connectivity index (χ3v) is 6.39. The normalized spacial score (nSPS) is 19.0. The van der Waals surface area contributed by atoms with E-state index in [1.165, 1.54) is 0 Å². The summed E-state index contributed by atoms with van der Waals surface area (Å²) in [4.78, 5) is 31.0. The van der Waals surface area contributed by atoms with Gasteiger partial charge in [-0.15, -0.1) is 0 Å². The second-order valence-corrected chi connectivity index (χ2v) is 10.0. The van der Waals surface area contributed by atoms with Gasteiger partial charge in [0.1, 0.15) is 11.6 Å². The summed E-state index contributed by atoms with van der Waals surface area (Å²) in [5.41, 5.74) is 2.68. The molecule has 0 saturated carbocycles.